The predicted octanol–water partition coefficient (Wildman–Crippen LogP) is 2.01. The highest BCUT2D eigenvalue weighted by molar-refractivity contribution is 7.91. The molecule has 1 unspecified atom stereocenters. The quantitative estimate of drug-likeness (QED) is 0.906. The molecule has 1 fully saturated rings. The van der Waals surface area contributed by atoms with Crippen LogP contribution in [0.4, 0.5) is 13.2 Å². The van der Waals surface area contributed by atoms with Gasteiger partial charge in [-0.15, -0.1) is 0 Å². The van der Waals surface area contributed by atoms with Crippen LogP contribution in [0, 0.1) is 0 Å². The Morgan fingerprint density at radius 3 is 2.52 bits per heavy atom. The van der Waals surface area contributed by atoms with E-state index >= 15 is 0 Å². The van der Waals surface area contributed by atoms with Crippen molar-refractivity contribution in [3.63, 3.8) is 0 Å². The Balaban J connectivity index is 2.18. The van der Waals surface area contributed by atoms with E-state index in [0.717, 1.165) is 18.2 Å². The van der Waals surface area contributed by atoms with Crippen molar-refractivity contribution in [1.29, 1.82) is 0 Å². The van der Waals surface area contributed by atoms with E-state index in [2.05, 4.69) is 5.32 Å². The average Bonchev–Trinajstić information content (AvgIpc) is 2.62. The number of alkyl halides is 3. The zero-order chi connectivity index (χ0) is 15.9. The molecule has 1 saturated heterocycles. The van der Waals surface area contributed by atoms with Crippen LogP contribution in [0.15, 0.2) is 24.3 Å². The molecule has 1 heterocycles. The van der Waals surface area contributed by atoms with Crippen molar-refractivity contribution in [2.75, 3.05) is 11.5 Å². The molecule has 1 aromatic rings. The van der Waals surface area contributed by atoms with Gasteiger partial charge >= 0.3 is 6.18 Å². The van der Waals surface area contributed by atoms with Crippen LogP contribution >= 0.6 is 0 Å². The van der Waals surface area contributed by atoms with Crippen LogP contribution in [0.3, 0.4) is 0 Å². The molecule has 1 aliphatic heterocycles. The largest absolute Gasteiger partial charge is 0.416 e. The molecule has 1 aliphatic rings. The molecule has 2 rings (SSSR count). The molecule has 8 heteroatoms. The lowest BCUT2D eigenvalue weighted by molar-refractivity contribution is -0.137. The normalized spacial score (nSPS) is 24.8. The third-order valence-electron chi connectivity index (χ3n) is 3.37. The van der Waals surface area contributed by atoms with Crippen molar-refractivity contribution in [1.82, 2.24) is 5.32 Å². The van der Waals surface area contributed by atoms with E-state index in [1.807, 2.05) is 0 Å². The number of carbonyl (C=O) groups is 1. The Hall–Kier alpha value is -1.57. The van der Waals surface area contributed by atoms with E-state index in [-0.39, 0.29) is 23.5 Å². The average molecular weight is 321 g/mol. The minimum absolute atomic E-state index is 0.0353. The standard InChI is InChI=1S/C13H14F3NO3S/c1-12(5-6-21(19,20)8-12)17-11(18)9-3-2-4-10(7-9)13(14,15)16/h2-4,7H,5-6,8H2,1H3,(H,17,18). The second-order valence-electron chi connectivity index (χ2n) is 5.44. The molecule has 0 bridgehead atoms. The van der Waals surface area contributed by atoms with Crippen LogP contribution in [0.25, 0.3) is 0 Å². The van der Waals surface area contributed by atoms with Gasteiger partial charge < -0.3 is 5.32 Å². The van der Waals surface area contributed by atoms with Crippen molar-refractivity contribution >= 4 is 15.7 Å². The number of halogens is 3. The lowest BCUT2D eigenvalue weighted by atomic mass is 10.0. The molecule has 0 spiro atoms. The van der Waals surface area contributed by atoms with Crippen molar-refractivity contribution in [2.24, 2.45) is 0 Å². The number of amides is 1. The summed E-state index contributed by atoms with van der Waals surface area (Å²) >= 11 is 0. The lowest BCUT2D eigenvalue weighted by Crippen LogP contribution is -2.46. The van der Waals surface area contributed by atoms with E-state index < -0.39 is 33.0 Å². The molecule has 4 nitrogen and oxygen atoms in total. The molecule has 0 saturated carbocycles. The topological polar surface area (TPSA) is 63.2 Å². The van der Waals surface area contributed by atoms with Gasteiger partial charge in [-0.25, -0.2) is 8.42 Å². The number of nitrogens with one attached hydrogen (secondary N) is 1. The van der Waals surface area contributed by atoms with E-state index in [4.69, 9.17) is 0 Å². The molecule has 1 aromatic carbocycles. The summed E-state index contributed by atoms with van der Waals surface area (Å²) in [5.74, 6) is -0.947. The fraction of sp³-hybridized carbons (Fsp3) is 0.462. The van der Waals surface area contributed by atoms with Gasteiger partial charge in [0.1, 0.15) is 0 Å². The van der Waals surface area contributed by atoms with E-state index in [1.54, 1.807) is 6.92 Å². The summed E-state index contributed by atoms with van der Waals surface area (Å²) in [6.45, 7) is 1.57. The van der Waals surface area contributed by atoms with E-state index in [9.17, 15) is 26.4 Å². The van der Waals surface area contributed by atoms with Crippen molar-refractivity contribution in [2.45, 2.75) is 25.1 Å². The second kappa shape index (κ2) is 5.01. The highest BCUT2D eigenvalue weighted by Crippen LogP contribution is 2.30. The molecule has 21 heavy (non-hydrogen) atoms. The van der Waals surface area contributed by atoms with Crippen LogP contribution in [-0.2, 0) is 16.0 Å². The fourth-order valence-electron chi connectivity index (χ4n) is 2.29. The highest BCUT2D eigenvalue weighted by atomic mass is 32.2. The van der Waals surface area contributed by atoms with E-state index in [1.165, 1.54) is 6.07 Å². The Morgan fingerprint density at radius 2 is 2.00 bits per heavy atom. The Morgan fingerprint density at radius 1 is 1.33 bits per heavy atom. The Kier molecular flexibility index (Phi) is 3.77. The molecule has 0 aromatic heterocycles. The van der Waals surface area contributed by atoms with Crippen LogP contribution < -0.4 is 5.32 Å². The monoisotopic (exact) mass is 321 g/mol. The van der Waals surface area contributed by atoms with Gasteiger partial charge in [0, 0.05) is 5.56 Å². The van der Waals surface area contributed by atoms with Crippen LogP contribution in [0.5, 0.6) is 0 Å². The lowest BCUT2D eigenvalue weighted by Gasteiger charge is -2.24. The zero-order valence-electron chi connectivity index (χ0n) is 11.2. The first-order valence-electron chi connectivity index (χ1n) is 6.21. The number of rotatable bonds is 2. The number of hydrogen-bond donors (Lipinski definition) is 1. The first-order chi connectivity index (χ1) is 9.51. The Labute approximate surface area is 120 Å². The minimum atomic E-state index is -4.53. The van der Waals surface area contributed by atoms with Gasteiger partial charge in [-0.05, 0) is 31.5 Å². The van der Waals surface area contributed by atoms with Crippen molar-refractivity contribution in [3.8, 4) is 0 Å². The number of benzene rings is 1. The number of sulfone groups is 1. The molecule has 0 aliphatic carbocycles. The molecule has 1 amide bonds. The highest BCUT2D eigenvalue weighted by Gasteiger charge is 2.39. The predicted molar refractivity (Wildman–Crippen MR) is 70.6 cm³/mol. The maximum atomic E-state index is 12.6. The van der Waals surface area contributed by atoms with Crippen LogP contribution in [-0.4, -0.2) is 31.4 Å². The zero-order valence-corrected chi connectivity index (χ0v) is 12.0. The van der Waals surface area contributed by atoms with E-state index in [0.29, 0.717) is 0 Å². The minimum Gasteiger partial charge on any atom is -0.346 e. The molecule has 116 valence electrons. The molecule has 1 N–H and O–H groups in total. The Bertz CT molecular complexity index is 669. The van der Waals surface area contributed by atoms with Gasteiger partial charge in [0.25, 0.3) is 5.91 Å². The summed E-state index contributed by atoms with van der Waals surface area (Å²) in [5.41, 5.74) is -2.00. The van der Waals surface area contributed by atoms with Crippen molar-refractivity contribution in [3.05, 3.63) is 35.4 Å². The summed E-state index contributed by atoms with van der Waals surface area (Å²) in [7, 11) is -3.21. The molecular weight excluding hydrogens is 307 g/mol. The first kappa shape index (κ1) is 15.8. The van der Waals surface area contributed by atoms with Crippen LogP contribution in [0.1, 0.15) is 29.3 Å². The van der Waals surface area contributed by atoms with Crippen molar-refractivity contribution < 1.29 is 26.4 Å². The maximum absolute atomic E-state index is 12.6. The molecular formula is C13H14F3NO3S. The summed E-state index contributed by atoms with van der Waals surface area (Å²) in [6.07, 6.45) is -4.28. The maximum Gasteiger partial charge on any atom is 0.416 e. The van der Waals surface area contributed by atoms with Gasteiger partial charge in [-0.2, -0.15) is 13.2 Å². The third kappa shape index (κ3) is 3.75. The summed E-state index contributed by atoms with van der Waals surface area (Å²) in [5, 5.41) is 2.52. The number of carbonyl (C=O) groups excluding carboxylic acids is 1. The van der Waals surface area contributed by atoms with Gasteiger partial charge in [0.15, 0.2) is 9.84 Å². The van der Waals surface area contributed by atoms with Crippen LogP contribution in [0.2, 0.25) is 0 Å². The molecule has 0 radical (unpaired) electrons. The summed E-state index contributed by atoms with van der Waals surface area (Å²) < 4.78 is 60.7. The van der Waals surface area contributed by atoms with Gasteiger partial charge in [0.2, 0.25) is 0 Å². The molecule has 1 atom stereocenters. The second-order valence-corrected chi connectivity index (χ2v) is 7.62. The summed E-state index contributed by atoms with van der Waals surface area (Å²) in [4.78, 5) is 12.0. The van der Waals surface area contributed by atoms with Gasteiger partial charge in [0.05, 0.1) is 22.6 Å². The summed E-state index contributed by atoms with van der Waals surface area (Å²) in [6, 6.07) is 4.03. The fourth-order valence-corrected chi connectivity index (χ4v) is 4.39. The smallest absolute Gasteiger partial charge is 0.346 e. The van der Waals surface area contributed by atoms with Gasteiger partial charge in [-0.1, -0.05) is 6.07 Å². The first-order valence-corrected chi connectivity index (χ1v) is 8.03. The number of hydrogen-bond acceptors (Lipinski definition) is 3. The third-order valence-corrected chi connectivity index (χ3v) is 5.27. The van der Waals surface area contributed by atoms with Gasteiger partial charge in [-0.3, -0.25) is 4.79 Å². The SMILES string of the molecule is CC1(NC(=O)c2cccc(C(F)(F)F)c2)CCS(=O)(=O)C1.